The minimum absolute atomic E-state index is 0.159. The van der Waals surface area contributed by atoms with E-state index in [1.165, 1.54) is 10.4 Å². The van der Waals surface area contributed by atoms with Crippen LogP contribution in [0.2, 0.25) is 0 Å². The molecule has 0 atom stereocenters. The second-order valence-corrected chi connectivity index (χ2v) is 7.96. The Balaban J connectivity index is 2.27. The van der Waals surface area contributed by atoms with Gasteiger partial charge in [-0.1, -0.05) is 25.1 Å². The second-order valence-electron chi connectivity index (χ2n) is 6.06. The molecular formula is C18H25N3O4S. The predicted molar refractivity (Wildman–Crippen MR) is 98.4 cm³/mol. The van der Waals surface area contributed by atoms with Crippen molar-refractivity contribution in [3.05, 3.63) is 46.3 Å². The molecule has 2 rings (SSSR count). The molecule has 0 radical (unpaired) electrons. The summed E-state index contributed by atoms with van der Waals surface area (Å²) in [6.07, 6.45) is 0. The third-order valence-electron chi connectivity index (χ3n) is 4.38. The maximum Gasteiger partial charge on any atom is 0.251 e. The Morgan fingerprint density at radius 2 is 1.85 bits per heavy atom. The van der Waals surface area contributed by atoms with Crippen LogP contribution in [0.4, 0.5) is 0 Å². The SMILES string of the molecule is CCN(CC)S(=O)(=O)c1cc(C(=O)NCc2c(C)noc2C)ccc1C. The van der Waals surface area contributed by atoms with Crippen LogP contribution in [0.3, 0.4) is 0 Å². The summed E-state index contributed by atoms with van der Waals surface area (Å²) in [4.78, 5) is 12.6. The summed E-state index contributed by atoms with van der Waals surface area (Å²) in [5.74, 6) is 0.303. The van der Waals surface area contributed by atoms with Crippen LogP contribution < -0.4 is 5.32 Å². The van der Waals surface area contributed by atoms with Crippen LogP contribution in [0, 0.1) is 20.8 Å². The van der Waals surface area contributed by atoms with E-state index in [1.807, 2.05) is 0 Å². The highest BCUT2D eigenvalue weighted by Crippen LogP contribution is 2.21. The molecule has 0 saturated heterocycles. The molecule has 0 saturated carbocycles. The molecule has 0 aliphatic heterocycles. The maximum absolute atomic E-state index is 12.8. The molecule has 1 heterocycles. The summed E-state index contributed by atoms with van der Waals surface area (Å²) in [5, 5.41) is 6.64. The van der Waals surface area contributed by atoms with Gasteiger partial charge in [0.2, 0.25) is 10.0 Å². The lowest BCUT2D eigenvalue weighted by atomic mass is 10.1. The number of hydrogen-bond donors (Lipinski definition) is 1. The molecule has 0 aliphatic carbocycles. The standard InChI is InChI=1S/C18H25N3O4S/c1-6-21(7-2)26(23,24)17-10-15(9-8-12(17)3)18(22)19-11-16-13(4)20-25-14(16)5/h8-10H,6-7,11H2,1-5H3,(H,19,22). The van der Waals surface area contributed by atoms with Crippen molar-refractivity contribution < 1.29 is 17.7 Å². The van der Waals surface area contributed by atoms with Gasteiger partial charge < -0.3 is 9.84 Å². The number of carbonyl (C=O) groups excluding carboxylic acids is 1. The fraction of sp³-hybridized carbons (Fsp3) is 0.444. The van der Waals surface area contributed by atoms with E-state index in [0.29, 0.717) is 30.0 Å². The van der Waals surface area contributed by atoms with Gasteiger partial charge in [0.1, 0.15) is 5.76 Å². The number of benzene rings is 1. The van der Waals surface area contributed by atoms with Crippen LogP contribution in [0.15, 0.2) is 27.6 Å². The molecule has 7 nitrogen and oxygen atoms in total. The van der Waals surface area contributed by atoms with Gasteiger partial charge in [0.05, 0.1) is 10.6 Å². The van der Waals surface area contributed by atoms with Gasteiger partial charge in [-0.05, 0) is 38.5 Å². The summed E-state index contributed by atoms with van der Waals surface area (Å²) in [5.41, 5.74) is 2.45. The second kappa shape index (κ2) is 8.01. The number of hydrogen-bond acceptors (Lipinski definition) is 5. The highest BCUT2D eigenvalue weighted by atomic mass is 32.2. The van der Waals surface area contributed by atoms with Gasteiger partial charge in [0, 0.05) is 30.8 Å². The van der Waals surface area contributed by atoms with Crippen LogP contribution >= 0.6 is 0 Å². The summed E-state index contributed by atoms with van der Waals surface area (Å²) in [6, 6.07) is 4.71. The van der Waals surface area contributed by atoms with Gasteiger partial charge in [-0.2, -0.15) is 4.31 Å². The Hall–Kier alpha value is -2.19. The van der Waals surface area contributed by atoms with Gasteiger partial charge in [0.15, 0.2) is 0 Å². The fourth-order valence-corrected chi connectivity index (χ4v) is 4.46. The molecule has 0 spiro atoms. The Morgan fingerprint density at radius 1 is 1.19 bits per heavy atom. The van der Waals surface area contributed by atoms with Crippen molar-refractivity contribution >= 4 is 15.9 Å². The number of rotatable bonds is 7. The van der Waals surface area contributed by atoms with Gasteiger partial charge in [0.25, 0.3) is 5.91 Å². The van der Waals surface area contributed by atoms with Crippen molar-refractivity contribution in [2.24, 2.45) is 0 Å². The summed E-state index contributed by atoms with van der Waals surface area (Å²) >= 11 is 0. The average molecular weight is 379 g/mol. The first-order valence-electron chi connectivity index (χ1n) is 8.53. The topological polar surface area (TPSA) is 92.5 Å². The number of amides is 1. The van der Waals surface area contributed by atoms with Crippen molar-refractivity contribution in [3.63, 3.8) is 0 Å². The molecule has 0 aliphatic rings. The zero-order valence-corrected chi connectivity index (χ0v) is 16.6. The van der Waals surface area contributed by atoms with Crippen molar-refractivity contribution in [1.82, 2.24) is 14.8 Å². The smallest absolute Gasteiger partial charge is 0.251 e. The molecule has 26 heavy (non-hydrogen) atoms. The van der Waals surface area contributed by atoms with Gasteiger partial charge in [-0.25, -0.2) is 8.42 Å². The van der Waals surface area contributed by atoms with E-state index in [1.54, 1.807) is 46.8 Å². The third-order valence-corrected chi connectivity index (χ3v) is 6.57. The number of aromatic nitrogens is 1. The van der Waals surface area contributed by atoms with Crippen LogP contribution in [-0.4, -0.2) is 36.9 Å². The first kappa shape index (κ1) is 20.1. The molecule has 1 aromatic heterocycles. The maximum atomic E-state index is 12.8. The number of carbonyl (C=O) groups is 1. The monoisotopic (exact) mass is 379 g/mol. The Morgan fingerprint density at radius 3 is 2.38 bits per heavy atom. The number of aryl methyl sites for hydroxylation is 3. The van der Waals surface area contributed by atoms with Crippen LogP contribution in [0.5, 0.6) is 0 Å². The van der Waals surface area contributed by atoms with Crippen LogP contribution in [-0.2, 0) is 16.6 Å². The number of nitrogens with one attached hydrogen (secondary N) is 1. The molecule has 1 amide bonds. The summed E-state index contributed by atoms with van der Waals surface area (Å²) in [6.45, 7) is 9.91. The molecule has 1 N–H and O–H groups in total. The number of nitrogens with zero attached hydrogens (tertiary/aromatic N) is 2. The van der Waals surface area contributed by atoms with E-state index < -0.39 is 10.0 Å². The zero-order valence-electron chi connectivity index (χ0n) is 15.8. The normalized spacial score (nSPS) is 11.8. The third kappa shape index (κ3) is 3.96. The van der Waals surface area contributed by atoms with E-state index >= 15 is 0 Å². The fourth-order valence-electron chi connectivity index (χ4n) is 2.75. The molecule has 0 bridgehead atoms. The highest BCUT2D eigenvalue weighted by Gasteiger charge is 2.24. The van der Waals surface area contributed by atoms with Crippen LogP contribution in [0.25, 0.3) is 0 Å². The summed E-state index contributed by atoms with van der Waals surface area (Å²) < 4.78 is 32.0. The van der Waals surface area contributed by atoms with E-state index in [9.17, 15) is 13.2 Å². The van der Waals surface area contributed by atoms with E-state index in [-0.39, 0.29) is 17.3 Å². The van der Waals surface area contributed by atoms with Crippen molar-refractivity contribution in [1.29, 1.82) is 0 Å². The molecule has 2 aromatic rings. The first-order chi connectivity index (χ1) is 12.2. The molecule has 8 heteroatoms. The van der Waals surface area contributed by atoms with Crippen molar-refractivity contribution in [3.8, 4) is 0 Å². The minimum Gasteiger partial charge on any atom is -0.361 e. The van der Waals surface area contributed by atoms with Crippen molar-refractivity contribution in [2.75, 3.05) is 13.1 Å². The molecule has 1 aromatic carbocycles. The molecule has 0 fully saturated rings. The Labute approximate surface area is 154 Å². The van der Waals surface area contributed by atoms with Crippen molar-refractivity contribution in [2.45, 2.75) is 46.1 Å². The molecule has 142 valence electrons. The lowest BCUT2D eigenvalue weighted by molar-refractivity contribution is 0.0950. The quantitative estimate of drug-likeness (QED) is 0.798. The lowest BCUT2D eigenvalue weighted by Gasteiger charge is -2.20. The van der Waals surface area contributed by atoms with Gasteiger partial charge in [-0.3, -0.25) is 4.79 Å². The lowest BCUT2D eigenvalue weighted by Crippen LogP contribution is -2.31. The predicted octanol–water partition coefficient (Wildman–Crippen LogP) is 2.56. The van der Waals surface area contributed by atoms with E-state index in [0.717, 1.165) is 11.3 Å². The van der Waals surface area contributed by atoms with Crippen LogP contribution in [0.1, 0.15) is 46.8 Å². The van der Waals surface area contributed by atoms with Gasteiger partial charge in [-0.15, -0.1) is 0 Å². The Bertz CT molecular complexity index is 880. The first-order valence-corrected chi connectivity index (χ1v) is 9.97. The molecule has 0 unspecified atom stereocenters. The highest BCUT2D eigenvalue weighted by molar-refractivity contribution is 7.89. The summed E-state index contributed by atoms with van der Waals surface area (Å²) in [7, 11) is -3.63. The number of sulfonamides is 1. The van der Waals surface area contributed by atoms with E-state index in [2.05, 4.69) is 10.5 Å². The average Bonchev–Trinajstić information content (AvgIpc) is 2.92. The van der Waals surface area contributed by atoms with E-state index in [4.69, 9.17) is 4.52 Å². The largest absolute Gasteiger partial charge is 0.361 e. The Kier molecular flexibility index (Phi) is 6.20. The molecular weight excluding hydrogens is 354 g/mol. The zero-order chi connectivity index (χ0) is 19.5. The minimum atomic E-state index is -3.63. The van der Waals surface area contributed by atoms with Gasteiger partial charge >= 0.3 is 0 Å².